The topological polar surface area (TPSA) is 45.8 Å². The van der Waals surface area contributed by atoms with Gasteiger partial charge in [0.1, 0.15) is 0 Å². The summed E-state index contributed by atoms with van der Waals surface area (Å²) in [5, 5.41) is 0. The molecule has 2 aromatic rings. The van der Waals surface area contributed by atoms with Crippen LogP contribution in [0.2, 0.25) is 4.34 Å². The molecule has 1 aliphatic carbocycles. The van der Waals surface area contributed by atoms with Gasteiger partial charge in [-0.1, -0.05) is 11.6 Å². The lowest BCUT2D eigenvalue weighted by Gasteiger charge is -2.22. The zero-order chi connectivity index (χ0) is 13.6. The van der Waals surface area contributed by atoms with Gasteiger partial charge >= 0.3 is 0 Å². The van der Waals surface area contributed by atoms with Crippen LogP contribution in [0.3, 0.4) is 0 Å². The maximum atomic E-state index is 13.3. The van der Waals surface area contributed by atoms with E-state index in [9.17, 15) is 13.6 Å². The van der Waals surface area contributed by atoms with Crippen LogP contribution in [0.4, 0.5) is 8.78 Å². The van der Waals surface area contributed by atoms with E-state index in [0.29, 0.717) is 15.9 Å². The lowest BCUT2D eigenvalue weighted by atomic mass is 9.94. The number of aromatic nitrogens is 2. The first-order valence-corrected chi connectivity index (χ1v) is 6.90. The molecule has 0 saturated carbocycles. The smallest absolute Gasteiger partial charge is 0.254 e. The predicted octanol–water partition coefficient (Wildman–Crippen LogP) is 3.28. The summed E-state index contributed by atoms with van der Waals surface area (Å²) < 4.78 is 27.2. The van der Waals surface area contributed by atoms with Gasteiger partial charge < -0.3 is 4.98 Å². The largest absolute Gasteiger partial charge is 0.306 e. The van der Waals surface area contributed by atoms with Crippen molar-refractivity contribution in [3.63, 3.8) is 0 Å². The Kier molecular flexibility index (Phi) is 2.94. The zero-order valence-corrected chi connectivity index (χ0v) is 11.2. The molecule has 100 valence electrons. The molecule has 0 radical (unpaired) electrons. The fourth-order valence-electron chi connectivity index (χ4n) is 2.14. The van der Waals surface area contributed by atoms with Crippen LogP contribution in [-0.2, 0) is 12.8 Å². The second-order valence-corrected chi connectivity index (χ2v) is 6.19. The molecule has 0 bridgehead atoms. The van der Waals surface area contributed by atoms with E-state index >= 15 is 0 Å². The Labute approximate surface area is 116 Å². The highest BCUT2D eigenvalue weighted by Gasteiger charge is 2.36. The summed E-state index contributed by atoms with van der Waals surface area (Å²) in [6.45, 7) is 0. The Morgan fingerprint density at radius 1 is 1.42 bits per heavy atom. The Balaban J connectivity index is 2.08. The number of H-pyrrole nitrogens is 1. The number of hydrogen-bond acceptors (Lipinski definition) is 3. The van der Waals surface area contributed by atoms with E-state index in [1.54, 1.807) is 12.1 Å². The van der Waals surface area contributed by atoms with Crippen LogP contribution < -0.4 is 5.56 Å². The van der Waals surface area contributed by atoms with Gasteiger partial charge in [0.05, 0.1) is 14.9 Å². The molecule has 0 spiro atoms. The fraction of sp³-hybridized carbons (Fsp3) is 0.333. The van der Waals surface area contributed by atoms with Crippen LogP contribution >= 0.6 is 22.9 Å². The molecular formula is C12H9ClF2N2OS. The number of halogens is 3. The summed E-state index contributed by atoms with van der Waals surface area (Å²) >= 11 is 7.12. The molecule has 1 aliphatic rings. The highest BCUT2D eigenvalue weighted by Crippen LogP contribution is 2.32. The minimum absolute atomic E-state index is 0.0997. The van der Waals surface area contributed by atoms with Crippen molar-refractivity contribution < 1.29 is 8.78 Å². The molecule has 0 aromatic carbocycles. The van der Waals surface area contributed by atoms with E-state index in [1.165, 1.54) is 11.3 Å². The van der Waals surface area contributed by atoms with Gasteiger partial charge in [0.25, 0.3) is 11.5 Å². The van der Waals surface area contributed by atoms with Gasteiger partial charge in [0.15, 0.2) is 5.82 Å². The molecule has 7 heteroatoms. The van der Waals surface area contributed by atoms with Gasteiger partial charge in [-0.3, -0.25) is 4.79 Å². The van der Waals surface area contributed by atoms with Gasteiger partial charge in [-0.25, -0.2) is 13.8 Å². The molecule has 0 unspecified atom stereocenters. The van der Waals surface area contributed by atoms with E-state index in [4.69, 9.17) is 11.6 Å². The fourth-order valence-corrected chi connectivity index (χ4v) is 3.13. The first-order chi connectivity index (χ1) is 8.94. The lowest BCUT2D eigenvalue weighted by molar-refractivity contribution is -0.0132. The molecule has 0 atom stereocenters. The summed E-state index contributed by atoms with van der Waals surface area (Å²) in [5.74, 6) is -2.42. The minimum atomic E-state index is -2.81. The maximum Gasteiger partial charge on any atom is 0.254 e. The highest BCUT2D eigenvalue weighted by atomic mass is 35.5. The zero-order valence-electron chi connectivity index (χ0n) is 9.67. The Morgan fingerprint density at radius 2 is 2.21 bits per heavy atom. The second-order valence-electron chi connectivity index (χ2n) is 4.48. The Morgan fingerprint density at radius 3 is 2.89 bits per heavy atom. The molecule has 0 aliphatic heterocycles. The average molecular weight is 303 g/mol. The van der Waals surface area contributed by atoms with Crippen molar-refractivity contribution in [1.29, 1.82) is 0 Å². The lowest BCUT2D eigenvalue weighted by Crippen LogP contribution is -2.32. The van der Waals surface area contributed by atoms with Crippen molar-refractivity contribution in [1.82, 2.24) is 9.97 Å². The number of aromatic amines is 1. The van der Waals surface area contributed by atoms with Crippen molar-refractivity contribution in [2.24, 2.45) is 0 Å². The standard InChI is InChI=1S/C12H9ClF2N2OS/c13-9-2-1-8(19-9)10-16-7-3-4-12(14,15)5-6(7)11(18)17-10/h1-2H,3-5H2,(H,16,17,18). The van der Waals surface area contributed by atoms with Crippen LogP contribution in [0, 0.1) is 0 Å². The van der Waals surface area contributed by atoms with Crippen molar-refractivity contribution in [2.45, 2.75) is 25.2 Å². The van der Waals surface area contributed by atoms with E-state index in [1.807, 2.05) is 0 Å². The molecule has 1 N–H and O–H groups in total. The second kappa shape index (κ2) is 4.38. The van der Waals surface area contributed by atoms with E-state index in [2.05, 4.69) is 9.97 Å². The molecule has 0 fully saturated rings. The molecule has 2 heterocycles. The number of nitrogens with one attached hydrogen (secondary N) is 1. The van der Waals surface area contributed by atoms with Gasteiger partial charge in [0, 0.05) is 18.4 Å². The van der Waals surface area contributed by atoms with Crippen molar-refractivity contribution in [3.8, 4) is 10.7 Å². The molecule has 0 saturated heterocycles. The van der Waals surface area contributed by atoms with Gasteiger partial charge in [0.2, 0.25) is 0 Å². The number of alkyl halides is 2. The van der Waals surface area contributed by atoms with Crippen molar-refractivity contribution in [2.75, 3.05) is 0 Å². The van der Waals surface area contributed by atoms with Crippen LogP contribution in [0.15, 0.2) is 16.9 Å². The van der Waals surface area contributed by atoms with Crippen LogP contribution in [-0.4, -0.2) is 15.9 Å². The maximum absolute atomic E-state index is 13.3. The SMILES string of the molecule is O=c1[nH]c(-c2ccc(Cl)s2)nc2c1CC(F)(F)CC2. The normalized spacial score (nSPS) is 17.2. The molecule has 19 heavy (non-hydrogen) atoms. The Bertz CT molecular complexity index is 695. The number of rotatable bonds is 1. The molecule has 2 aromatic heterocycles. The molecule has 0 amide bonds. The van der Waals surface area contributed by atoms with Crippen LogP contribution in [0.1, 0.15) is 17.7 Å². The first kappa shape index (κ1) is 12.7. The van der Waals surface area contributed by atoms with Gasteiger partial charge in [-0.15, -0.1) is 11.3 Å². The van der Waals surface area contributed by atoms with Crippen molar-refractivity contribution in [3.05, 3.63) is 38.1 Å². The number of aryl methyl sites for hydroxylation is 1. The minimum Gasteiger partial charge on any atom is -0.306 e. The Hall–Kier alpha value is -1.27. The summed E-state index contributed by atoms with van der Waals surface area (Å²) in [6, 6.07) is 3.45. The first-order valence-electron chi connectivity index (χ1n) is 5.70. The van der Waals surface area contributed by atoms with Crippen molar-refractivity contribution >= 4 is 22.9 Å². The predicted molar refractivity (Wildman–Crippen MR) is 70.2 cm³/mol. The summed E-state index contributed by atoms with van der Waals surface area (Å²) in [5.41, 5.74) is 0.0840. The average Bonchev–Trinajstić information content (AvgIpc) is 2.76. The number of fused-ring (bicyclic) bond motifs is 1. The van der Waals surface area contributed by atoms with Crippen LogP contribution in [0.5, 0.6) is 0 Å². The highest BCUT2D eigenvalue weighted by molar-refractivity contribution is 7.19. The number of thiophene rings is 1. The summed E-state index contributed by atoms with van der Waals surface area (Å²) in [7, 11) is 0. The molecular weight excluding hydrogens is 294 g/mol. The molecule has 3 rings (SSSR count). The van der Waals surface area contributed by atoms with E-state index in [-0.39, 0.29) is 18.4 Å². The van der Waals surface area contributed by atoms with Crippen LogP contribution in [0.25, 0.3) is 10.7 Å². The van der Waals surface area contributed by atoms with Gasteiger partial charge in [-0.05, 0) is 18.6 Å². The molecule has 3 nitrogen and oxygen atoms in total. The van der Waals surface area contributed by atoms with Gasteiger partial charge in [-0.2, -0.15) is 0 Å². The number of hydrogen-bond donors (Lipinski definition) is 1. The number of nitrogens with zero attached hydrogens (tertiary/aromatic N) is 1. The quantitative estimate of drug-likeness (QED) is 0.878. The summed E-state index contributed by atoms with van der Waals surface area (Å²) in [4.78, 5) is 19.5. The third-order valence-electron chi connectivity index (χ3n) is 3.07. The van der Waals surface area contributed by atoms with E-state index in [0.717, 1.165) is 4.88 Å². The summed E-state index contributed by atoms with van der Waals surface area (Å²) in [6.07, 6.45) is -0.671. The third kappa shape index (κ3) is 2.42. The third-order valence-corrected chi connectivity index (χ3v) is 4.31. The monoisotopic (exact) mass is 302 g/mol. The van der Waals surface area contributed by atoms with E-state index < -0.39 is 17.9 Å².